The van der Waals surface area contributed by atoms with Crippen molar-refractivity contribution in [2.24, 2.45) is 0 Å². The van der Waals surface area contributed by atoms with Gasteiger partial charge in [-0.2, -0.15) is 0 Å². The third kappa shape index (κ3) is 3.13. The van der Waals surface area contributed by atoms with Crippen LogP contribution in [0.25, 0.3) is 0 Å². The smallest absolute Gasteiger partial charge is 0.255 e. The molecule has 0 fully saturated rings. The van der Waals surface area contributed by atoms with Crippen molar-refractivity contribution in [2.75, 3.05) is 11.1 Å². The van der Waals surface area contributed by atoms with Crippen LogP contribution in [0, 0.1) is 20.8 Å². The molecule has 3 nitrogen and oxygen atoms in total. The average molecular weight is 254 g/mol. The van der Waals surface area contributed by atoms with Crippen LogP contribution in [-0.4, -0.2) is 5.91 Å². The molecule has 0 saturated carbocycles. The van der Waals surface area contributed by atoms with Crippen LogP contribution < -0.4 is 11.1 Å². The maximum absolute atomic E-state index is 12.2. The molecular weight excluding hydrogens is 236 g/mol. The molecule has 3 N–H and O–H groups in total. The van der Waals surface area contributed by atoms with Gasteiger partial charge in [-0.25, -0.2) is 0 Å². The van der Waals surface area contributed by atoms with E-state index in [9.17, 15) is 4.79 Å². The third-order valence-electron chi connectivity index (χ3n) is 2.94. The van der Waals surface area contributed by atoms with E-state index in [1.807, 2.05) is 57.2 Å². The minimum absolute atomic E-state index is 0.137. The molecule has 0 bridgehead atoms. The van der Waals surface area contributed by atoms with Gasteiger partial charge in [0.1, 0.15) is 0 Å². The Morgan fingerprint density at radius 3 is 2.16 bits per heavy atom. The van der Waals surface area contributed by atoms with E-state index in [0.717, 1.165) is 16.7 Å². The van der Waals surface area contributed by atoms with Gasteiger partial charge < -0.3 is 11.1 Å². The molecule has 3 heteroatoms. The predicted molar refractivity (Wildman–Crippen MR) is 79.5 cm³/mol. The summed E-state index contributed by atoms with van der Waals surface area (Å²) >= 11 is 0. The minimum atomic E-state index is -0.137. The second kappa shape index (κ2) is 5.14. The fourth-order valence-electron chi connectivity index (χ4n) is 2.10. The second-order valence-electron chi connectivity index (χ2n) is 4.92. The summed E-state index contributed by atoms with van der Waals surface area (Å²) in [7, 11) is 0. The number of hydrogen-bond donors (Lipinski definition) is 2. The van der Waals surface area contributed by atoms with Crippen molar-refractivity contribution < 1.29 is 4.79 Å². The molecule has 0 heterocycles. The quantitative estimate of drug-likeness (QED) is 0.806. The molecule has 0 aliphatic rings. The highest BCUT2D eigenvalue weighted by atomic mass is 16.1. The van der Waals surface area contributed by atoms with Gasteiger partial charge in [0.05, 0.1) is 11.4 Å². The highest BCUT2D eigenvalue weighted by Gasteiger charge is 2.09. The first kappa shape index (κ1) is 13.1. The number of nitrogens with one attached hydrogen (secondary N) is 1. The third-order valence-corrected chi connectivity index (χ3v) is 2.94. The largest absolute Gasteiger partial charge is 0.397 e. The van der Waals surface area contributed by atoms with E-state index < -0.39 is 0 Å². The summed E-state index contributed by atoms with van der Waals surface area (Å²) in [6.07, 6.45) is 0. The van der Waals surface area contributed by atoms with Gasteiger partial charge in [-0.15, -0.1) is 0 Å². The van der Waals surface area contributed by atoms with Crippen LogP contribution in [0.1, 0.15) is 27.0 Å². The topological polar surface area (TPSA) is 55.1 Å². The molecule has 0 saturated heterocycles. The summed E-state index contributed by atoms with van der Waals surface area (Å²) < 4.78 is 0. The Labute approximate surface area is 113 Å². The molecule has 2 aromatic rings. The number of hydrogen-bond acceptors (Lipinski definition) is 2. The molecule has 0 spiro atoms. The van der Waals surface area contributed by atoms with Crippen LogP contribution in [0.5, 0.6) is 0 Å². The highest BCUT2D eigenvalue weighted by Crippen LogP contribution is 2.20. The van der Waals surface area contributed by atoms with E-state index in [2.05, 4.69) is 5.32 Å². The van der Waals surface area contributed by atoms with Crippen molar-refractivity contribution in [3.05, 3.63) is 58.7 Å². The number of benzene rings is 2. The number of carbonyl (C=O) groups is 1. The first-order valence-electron chi connectivity index (χ1n) is 6.21. The van der Waals surface area contributed by atoms with Crippen molar-refractivity contribution in [3.8, 4) is 0 Å². The monoisotopic (exact) mass is 254 g/mol. The molecule has 0 aliphatic carbocycles. The molecule has 0 aromatic heterocycles. The number of nitrogen functional groups attached to an aromatic ring is 1. The maximum Gasteiger partial charge on any atom is 0.255 e. The molecular formula is C16H18N2O. The van der Waals surface area contributed by atoms with Crippen molar-refractivity contribution in [3.63, 3.8) is 0 Å². The van der Waals surface area contributed by atoms with E-state index >= 15 is 0 Å². The fourth-order valence-corrected chi connectivity index (χ4v) is 2.10. The summed E-state index contributed by atoms with van der Waals surface area (Å²) in [6.45, 7) is 5.92. The van der Waals surface area contributed by atoms with Gasteiger partial charge in [-0.1, -0.05) is 23.3 Å². The Bertz CT molecular complexity index is 612. The molecule has 2 aromatic carbocycles. The Morgan fingerprint density at radius 1 is 0.947 bits per heavy atom. The molecule has 1 amide bonds. The number of amides is 1. The summed E-state index contributed by atoms with van der Waals surface area (Å²) in [5, 5.41) is 2.84. The standard InChI is InChI=1S/C16H18N2O/c1-10-4-5-15(14(17)9-10)18-16(19)13-7-11(2)6-12(3)8-13/h4-9H,17H2,1-3H3,(H,18,19). The highest BCUT2D eigenvalue weighted by molar-refractivity contribution is 6.06. The summed E-state index contributed by atoms with van der Waals surface area (Å²) in [4.78, 5) is 12.2. The lowest BCUT2D eigenvalue weighted by Crippen LogP contribution is -2.13. The summed E-state index contributed by atoms with van der Waals surface area (Å²) in [6, 6.07) is 11.4. The maximum atomic E-state index is 12.2. The Balaban J connectivity index is 2.25. The first-order chi connectivity index (χ1) is 8.95. The van der Waals surface area contributed by atoms with Crippen LogP contribution in [0.15, 0.2) is 36.4 Å². The number of carbonyl (C=O) groups excluding carboxylic acids is 1. The van der Waals surface area contributed by atoms with Gasteiger partial charge >= 0.3 is 0 Å². The first-order valence-corrected chi connectivity index (χ1v) is 6.21. The van der Waals surface area contributed by atoms with Crippen molar-refractivity contribution in [1.82, 2.24) is 0 Å². The van der Waals surface area contributed by atoms with Crippen LogP contribution >= 0.6 is 0 Å². The van der Waals surface area contributed by atoms with Crippen LogP contribution in [0.2, 0.25) is 0 Å². The zero-order valence-electron chi connectivity index (χ0n) is 11.4. The molecule has 2 rings (SSSR count). The second-order valence-corrected chi connectivity index (χ2v) is 4.92. The molecule has 0 unspecified atom stereocenters. The van der Waals surface area contributed by atoms with Gasteiger partial charge in [0.2, 0.25) is 0 Å². The number of anilines is 2. The number of nitrogens with two attached hydrogens (primary N) is 1. The van der Waals surface area contributed by atoms with Gasteiger partial charge in [0, 0.05) is 5.56 Å². The molecule has 0 atom stereocenters. The Hall–Kier alpha value is -2.29. The summed E-state index contributed by atoms with van der Waals surface area (Å²) in [5.41, 5.74) is 11.0. The normalized spacial score (nSPS) is 10.3. The van der Waals surface area contributed by atoms with E-state index in [1.54, 1.807) is 0 Å². The van der Waals surface area contributed by atoms with Gasteiger partial charge in [0.25, 0.3) is 5.91 Å². The predicted octanol–water partition coefficient (Wildman–Crippen LogP) is 3.45. The van der Waals surface area contributed by atoms with Crippen molar-refractivity contribution >= 4 is 17.3 Å². The van der Waals surface area contributed by atoms with Crippen molar-refractivity contribution in [1.29, 1.82) is 0 Å². The van der Waals surface area contributed by atoms with Crippen molar-refractivity contribution in [2.45, 2.75) is 20.8 Å². The van der Waals surface area contributed by atoms with Crippen LogP contribution in [0.4, 0.5) is 11.4 Å². The van der Waals surface area contributed by atoms with E-state index in [4.69, 9.17) is 5.73 Å². The molecule has 0 radical (unpaired) electrons. The Kier molecular flexibility index (Phi) is 3.56. The van der Waals surface area contributed by atoms with Gasteiger partial charge in [-0.3, -0.25) is 4.79 Å². The van der Waals surface area contributed by atoms with E-state index in [1.165, 1.54) is 0 Å². The number of aryl methyl sites for hydroxylation is 3. The minimum Gasteiger partial charge on any atom is -0.397 e. The van der Waals surface area contributed by atoms with Crippen LogP contribution in [0.3, 0.4) is 0 Å². The zero-order chi connectivity index (χ0) is 14.0. The molecule has 0 aliphatic heterocycles. The van der Waals surface area contributed by atoms with Gasteiger partial charge in [0.15, 0.2) is 0 Å². The van der Waals surface area contributed by atoms with Crippen LogP contribution in [-0.2, 0) is 0 Å². The summed E-state index contributed by atoms with van der Waals surface area (Å²) in [5.74, 6) is -0.137. The SMILES string of the molecule is Cc1cc(C)cc(C(=O)Nc2ccc(C)cc2N)c1. The van der Waals surface area contributed by atoms with Gasteiger partial charge in [-0.05, 0) is 50.6 Å². The lowest BCUT2D eigenvalue weighted by molar-refractivity contribution is 0.102. The lowest BCUT2D eigenvalue weighted by atomic mass is 10.1. The lowest BCUT2D eigenvalue weighted by Gasteiger charge is -2.10. The Morgan fingerprint density at radius 2 is 1.58 bits per heavy atom. The molecule has 98 valence electrons. The van der Waals surface area contributed by atoms with E-state index in [-0.39, 0.29) is 5.91 Å². The zero-order valence-corrected chi connectivity index (χ0v) is 11.4. The average Bonchev–Trinajstić information content (AvgIpc) is 2.31. The molecule has 19 heavy (non-hydrogen) atoms. The number of rotatable bonds is 2. The fraction of sp³-hybridized carbons (Fsp3) is 0.188. The van der Waals surface area contributed by atoms with E-state index in [0.29, 0.717) is 16.9 Å².